The summed E-state index contributed by atoms with van der Waals surface area (Å²) in [6, 6.07) is 15.5. The van der Waals surface area contributed by atoms with E-state index in [0.29, 0.717) is 18.6 Å². The smallest absolute Gasteiger partial charge is 0.404 e. The first-order valence-electron chi connectivity index (χ1n) is 7.37. The molecule has 2 aromatic carbocycles. The lowest BCUT2D eigenvalue weighted by molar-refractivity contribution is -0.164. The van der Waals surface area contributed by atoms with Crippen molar-refractivity contribution >= 4 is 12.4 Å². The minimum Gasteiger partial charge on any atom is -0.441 e. The van der Waals surface area contributed by atoms with Crippen LogP contribution >= 0.6 is 0 Å². The number of carbonyl (C=O) groups excluding carboxylic acids is 2. The maximum atomic E-state index is 11.4. The number of benzene rings is 2. The van der Waals surface area contributed by atoms with Crippen molar-refractivity contribution in [3.05, 3.63) is 70.8 Å². The fourth-order valence-corrected chi connectivity index (χ4v) is 2.70. The number of aldehydes is 1. The Bertz CT molecular complexity index is 714. The van der Waals surface area contributed by atoms with Crippen LogP contribution in [-0.4, -0.2) is 25.1 Å². The molecule has 1 heterocycles. The van der Waals surface area contributed by atoms with Gasteiger partial charge in [0.15, 0.2) is 6.10 Å². The minimum absolute atomic E-state index is 0.315. The van der Waals surface area contributed by atoms with Crippen LogP contribution in [0, 0.1) is 0 Å². The molecule has 5 heteroatoms. The standard InChI is InChI=1S/C18H17NO4/c19-18(21)23-16-11-22-17(16)14-7-6-13(15(9-14)10-20)8-12-4-2-1-3-5-12/h1-7,9-10,16-17H,8,11H2,(H2,19,21). The van der Waals surface area contributed by atoms with E-state index in [4.69, 9.17) is 15.2 Å². The Kier molecular flexibility index (Phi) is 4.39. The van der Waals surface area contributed by atoms with Crippen molar-refractivity contribution in [1.29, 1.82) is 0 Å². The van der Waals surface area contributed by atoms with Crippen LogP contribution in [0.25, 0.3) is 0 Å². The van der Waals surface area contributed by atoms with Crippen LogP contribution in [0.2, 0.25) is 0 Å². The molecule has 0 bridgehead atoms. The largest absolute Gasteiger partial charge is 0.441 e. The van der Waals surface area contributed by atoms with Gasteiger partial charge in [-0.15, -0.1) is 0 Å². The van der Waals surface area contributed by atoms with Crippen LogP contribution in [0.5, 0.6) is 0 Å². The summed E-state index contributed by atoms with van der Waals surface area (Å²) in [7, 11) is 0. The molecule has 1 amide bonds. The zero-order valence-electron chi connectivity index (χ0n) is 12.5. The first-order chi connectivity index (χ1) is 11.2. The summed E-state index contributed by atoms with van der Waals surface area (Å²) in [6.45, 7) is 0.315. The average molecular weight is 311 g/mol. The highest BCUT2D eigenvalue weighted by Gasteiger charge is 2.36. The summed E-state index contributed by atoms with van der Waals surface area (Å²) in [6.07, 6.45) is -0.0645. The van der Waals surface area contributed by atoms with Gasteiger partial charge in [-0.05, 0) is 29.2 Å². The van der Waals surface area contributed by atoms with E-state index < -0.39 is 12.2 Å². The van der Waals surface area contributed by atoms with E-state index in [1.54, 1.807) is 6.07 Å². The molecule has 2 N–H and O–H groups in total. The molecule has 3 rings (SSSR count). The fraction of sp³-hybridized carbons (Fsp3) is 0.222. The van der Waals surface area contributed by atoms with Crippen LogP contribution < -0.4 is 5.73 Å². The normalized spacial score (nSPS) is 19.7. The predicted molar refractivity (Wildman–Crippen MR) is 84.2 cm³/mol. The van der Waals surface area contributed by atoms with Crippen molar-refractivity contribution in [3.8, 4) is 0 Å². The molecule has 2 aromatic rings. The van der Waals surface area contributed by atoms with Crippen LogP contribution in [0.15, 0.2) is 48.5 Å². The maximum Gasteiger partial charge on any atom is 0.404 e. The average Bonchev–Trinajstić information content (AvgIpc) is 2.54. The van der Waals surface area contributed by atoms with Crippen molar-refractivity contribution in [1.82, 2.24) is 0 Å². The molecule has 1 fully saturated rings. The van der Waals surface area contributed by atoms with Crippen LogP contribution in [0.3, 0.4) is 0 Å². The third kappa shape index (κ3) is 3.40. The summed E-state index contributed by atoms with van der Waals surface area (Å²) in [5, 5.41) is 0. The van der Waals surface area contributed by atoms with Gasteiger partial charge in [-0.25, -0.2) is 4.79 Å². The summed E-state index contributed by atoms with van der Waals surface area (Å²) in [5.74, 6) is 0. The van der Waals surface area contributed by atoms with Gasteiger partial charge in [0, 0.05) is 5.56 Å². The topological polar surface area (TPSA) is 78.6 Å². The molecule has 0 spiro atoms. The van der Waals surface area contributed by atoms with Gasteiger partial charge in [0.05, 0.1) is 6.61 Å². The molecule has 2 unspecified atom stereocenters. The Balaban J connectivity index is 1.80. The fourth-order valence-electron chi connectivity index (χ4n) is 2.70. The van der Waals surface area contributed by atoms with Crippen molar-refractivity contribution < 1.29 is 19.1 Å². The number of carbonyl (C=O) groups is 2. The molecule has 0 saturated carbocycles. The van der Waals surface area contributed by atoms with Crippen molar-refractivity contribution in [3.63, 3.8) is 0 Å². The number of primary amides is 1. The quantitative estimate of drug-likeness (QED) is 0.861. The second-order valence-corrected chi connectivity index (χ2v) is 5.47. The van der Waals surface area contributed by atoms with Gasteiger partial charge in [-0.3, -0.25) is 4.79 Å². The van der Waals surface area contributed by atoms with Gasteiger partial charge < -0.3 is 15.2 Å². The summed E-state index contributed by atoms with van der Waals surface area (Å²) >= 11 is 0. The second-order valence-electron chi connectivity index (χ2n) is 5.47. The number of ether oxygens (including phenoxy) is 2. The summed E-state index contributed by atoms with van der Waals surface area (Å²) < 4.78 is 10.4. The Morgan fingerprint density at radius 2 is 2.04 bits per heavy atom. The van der Waals surface area contributed by atoms with Crippen molar-refractivity contribution in [2.24, 2.45) is 5.73 Å². The number of nitrogens with two attached hydrogens (primary N) is 1. The van der Waals surface area contributed by atoms with Crippen LogP contribution in [-0.2, 0) is 15.9 Å². The number of hydrogen-bond acceptors (Lipinski definition) is 4. The van der Waals surface area contributed by atoms with Gasteiger partial charge in [-0.2, -0.15) is 0 Å². The molecule has 1 aliphatic rings. The molecule has 0 aliphatic carbocycles. The van der Waals surface area contributed by atoms with Gasteiger partial charge in [0.1, 0.15) is 12.4 Å². The lowest BCUT2D eigenvalue weighted by Crippen LogP contribution is -2.42. The highest BCUT2D eigenvalue weighted by molar-refractivity contribution is 5.78. The second kappa shape index (κ2) is 6.62. The van der Waals surface area contributed by atoms with Gasteiger partial charge in [-0.1, -0.05) is 42.5 Å². The van der Waals surface area contributed by atoms with E-state index in [-0.39, 0.29) is 6.10 Å². The SMILES string of the molecule is NC(=O)OC1COC1c1ccc(Cc2ccccc2)c(C=O)c1. The highest BCUT2D eigenvalue weighted by atomic mass is 16.6. The van der Waals surface area contributed by atoms with E-state index in [1.165, 1.54) is 0 Å². The zero-order valence-corrected chi connectivity index (χ0v) is 12.5. The lowest BCUT2D eigenvalue weighted by Gasteiger charge is -2.36. The van der Waals surface area contributed by atoms with Gasteiger partial charge >= 0.3 is 6.09 Å². The molecule has 1 saturated heterocycles. The molecule has 118 valence electrons. The minimum atomic E-state index is -0.820. The molecular formula is C18H17NO4. The van der Waals surface area contributed by atoms with E-state index >= 15 is 0 Å². The van der Waals surface area contributed by atoms with E-state index in [0.717, 1.165) is 23.0 Å². The third-order valence-electron chi connectivity index (χ3n) is 3.91. The van der Waals surface area contributed by atoms with Crippen molar-refractivity contribution in [2.45, 2.75) is 18.6 Å². The number of amides is 1. The van der Waals surface area contributed by atoms with E-state index in [9.17, 15) is 9.59 Å². The molecule has 0 aromatic heterocycles. The van der Waals surface area contributed by atoms with Crippen molar-refractivity contribution in [2.75, 3.05) is 6.61 Å². The maximum absolute atomic E-state index is 11.4. The number of rotatable bonds is 5. The Labute approximate surface area is 134 Å². The van der Waals surface area contributed by atoms with Crippen LogP contribution in [0.4, 0.5) is 4.79 Å². The zero-order chi connectivity index (χ0) is 16.2. The highest BCUT2D eigenvalue weighted by Crippen LogP contribution is 2.33. The Morgan fingerprint density at radius 1 is 1.26 bits per heavy atom. The molecular weight excluding hydrogens is 294 g/mol. The van der Waals surface area contributed by atoms with Gasteiger partial charge in [0.2, 0.25) is 0 Å². The molecule has 0 radical (unpaired) electrons. The first kappa shape index (κ1) is 15.2. The third-order valence-corrected chi connectivity index (χ3v) is 3.91. The van der Waals surface area contributed by atoms with E-state index in [1.807, 2.05) is 42.5 Å². The molecule has 23 heavy (non-hydrogen) atoms. The predicted octanol–water partition coefficient (Wildman–Crippen LogP) is 2.63. The molecule has 5 nitrogen and oxygen atoms in total. The van der Waals surface area contributed by atoms with E-state index in [2.05, 4.69) is 0 Å². The monoisotopic (exact) mass is 311 g/mol. The van der Waals surface area contributed by atoms with Crippen LogP contribution in [0.1, 0.15) is 33.2 Å². The Hall–Kier alpha value is -2.66. The Morgan fingerprint density at radius 3 is 2.65 bits per heavy atom. The summed E-state index contributed by atoms with van der Waals surface area (Å²) in [4.78, 5) is 22.3. The number of hydrogen-bond donors (Lipinski definition) is 1. The molecule has 1 aliphatic heterocycles. The first-order valence-corrected chi connectivity index (χ1v) is 7.37. The summed E-state index contributed by atoms with van der Waals surface area (Å²) in [5.41, 5.74) is 8.54. The van der Waals surface area contributed by atoms with Gasteiger partial charge in [0.25, 0.3) is 0 Å². The lowest BCUT2D eigenvalue weighted by atomic mass is 9.93. The molecule has 2 atom stereocenters.